The lowest BCUT2D eigenvalue weighted by Crippen LogP contribution is -2.31. The van der Waals surface area contributed by atoms with Crippen LogP contribution in [0.1, 0.15) is 16.7 Å². The summed E-state index contributed by atoms with van der Waals surface area (Å²) >= 11 is 0. The van der Waals surface area contributed by atoms with Crippen LogP contribution in [-0.4, -0.2) is 26.0 Å². The van der Waals surface area contributed by atoms with Crippen molar-refractivity contribution in [3.63, 3.8) is 0 Å². The van der Waals surface area contributed by atoms with E-state index in [0.717, 1.165) is 11.1 Å². The average Bonchev–Trinajstić information content (AvgIpc) is 2.63. The Morgan fingerprint density at radius 1 is 1.24 bits per heavy atom. The molecule has 0 aliphatic carbocycles. The van der Waals surface area contributed by atoms with Crippen LogP contribution in [-0.2, 0) is 16.2 Å². The number of oxime groups is 1. The number of carbonyl (C=O) groups excluding carboxylic acids is 1. The van der Waals surface area contributed by atoms with E-state index in [2.05, 4.69) is 11.7 Å². The molecule has 0 aliphatic heterocycles. The van der Waals surface area contributed by atoms with Crippen molar-refractivity contribution < 1.29 is 14.4 Å². The van der Waals surface area contributed by atoms with Crippen LogP contribution in [0.2, 0.25) is 0 Å². The monoisotopic (exact) mass is 338 g/mol. The second-order valence-electron chi connectivity index (χ2n) is 5.43. The summed E-state index contributed by atoms with van der Waals surface area (Å²) in [5.74, 6) is 0. The third-order valence-electron chi connectivity index (χ3n) is 3.51. The molecule has 0 aliphatic rings. The molecule has 5 heteroatoms. The SMILES string of the molecule is C=CCN(C(=O)OC)c1ccccc1C=NOCc1cccc(C)c1. The summed E-state index contributed by atoms with van der Waals surface area (Å²) in [5, 5.41) is 4.03. The molecule has 0 heterocycles. The Morgan fingerprint density at radius 2 is 2.04 bits per heavy atom. The van der Waals surface area contributed by atoms with Crippen molar-refractivity contribution in [2.45, 2.75) is 13.5 Å². The Labute approximate surface area is 148 Å². The molecule has 25 heavy (non-hydrogen) atoms. The highest BCUT2D eigenvalue weighted by atomic mass is 16.6. The molecule has 0 saturated carbocycles. The molecule has 0 fully saturated rings. The minimum absolute atomic E-state index is 0.335. The molecule has 0 spiro atoms. The zero-order valence-electron chi connectivity index (χ0n) is 14.5. The zero-order valence-corrected chi connectivity index (χ0v) is 14.5. The Bertz CT molecular complexity index is 756. The Balaban J connectivity index is 2.11. The smallest absolute Gasteiger partial charge is 0.414 e. The van der Waals surface area contributed by atoms with E-state index >= 15 is 0 Å². The van der Waals surface area contributed by atoms with E-state index in [1.807, 2.05) is 55.5 Å². The number of amides is 1. The van der Waals surface area contributed by atoms with Crippen molar-refractivity contribution >= 4 is 18.0 Å². The van der Waals surface area contributed by atoms with Crippen LogP contribution in [0.15, 0.2) is 66.3 Å². The summed E-state index contributed by atoms with van der Waals surface area (Å²) < 4.78 is 4.83. The van der Waals surface area contributed by atoms with E-state index in [9.17, 15) is 4.79 Å². The molecule has 5 nitrogen and oxygen atoms in total. The lowest BCUT2D eigenvalue weighted by Gasteiger charge is -2.21. The average molecular weight is 338 g/mol. The summed E-state index contributed by atoms with van der Waals surface area (Å²) in [4.78, 5) is 18.8. The van der Waals surface area contributed by atoms with Gasteiger partial charge in [-0.05, 0) is 18.6 Å². The van der Waals surface area contributed by atoms with E-state index in [1.54, 1.807) is 12.3 Å². The first-order chi connectivity index (χ1) is 12.2. The maximum Gasteiger partial charge on any atom is 0.414 e. The van der Waals surface area contributed by atoms with Gasteiger partial charge < -0.3 is 9.57 Å². The molecule has 2 rings (SSSR count). The molecular formula is C20H22N2O3. The van der Waals surface area contributed by atoms with E-state index in [1.165, 1.54) is 17.6 Å². The summed E-state index contributed by atoms with van der Waals surface area (Å²) in [6, 6.07) is 15.4. The fourth-order valence-electron chi connectivity index (χ4n) is 2.36. The third kappa shape index (κ3) is 5.21. The molecule has 0 unspecified atom stereocenters. The zero-order chi connectivity index (χ0) is 18.1. The normalized spacial score (nSPS) is 10.5. The first kappa shape index (κ1) is 18.3. The van der Waals surface area contributed by atoms with Gasteiger partial charge in [0.05, 0.1) is 19.0 Å². The minimum Gasteiger partial charge on any atom is -0.452 e. The molecule has 0 bridgehead atoms. The quantitative estimate of drug-likeness (QED) is 0.429. The van der Waals surface area contributed by atoms with E-state index < -0.39 is 6.09 Å². The summed E-state index contributed by atoms with van der Waals surface area (Å²) in [6.07, 6.45) is 2.77. The number of carbonyl (C=O) groups is 1. The summed E-state index contributed by atoms with van der Waals surface area (Å²) in [6.45, 7) is 6.43. The molecular weight excluding hydrogens is 316 g/mol. The minimum atomic E-state index is -0.457. The third-order valence-corrected chi connectivity index (χ3v) is 3.51. The number of hydrogen-bond donors (Lipinski definition) is 0. The highest BCUT2D eigenvalue weighted by molar-refractivity contribution is 5.96. The van der Waals surface area contributed by atoms with Crippen LogP contribution in [0.4, 0.5) is 10.5 Å². The molecule has 0 saturated heterocycles. The number of anilines is 1. The van der Waals surface area contributed by atoms with Gasteiger partial charge >= 0.3 is 6.09 Å². The first-order valence-corrected chi connectivity index (χ1v) is 7.92. The van der Waals surface area contributed by atoms with Crippen LogP contribution in [0.5, 0.6) is 0 Å². The highest BCUT2D eigenvalue weighted by Gasteiger charge is 2.17. The number of para-hydroxylation sites is 1. The van der Waals surface area contributed by atoms with Gasteiger partial charge in [-0.25, -0.2) is 4.79 Å². The predicted octanol–water partition coefficient (Wildman–Crippen LogP) is 4.30. The van der Waals surface area contributed by atoms with Crippen molar-refractivity contribution in [2.24, 2.45) is 5.16 Å². The van der Waals surface area contributed by atoms with Gasteiger partial charge in [-0.15, -0.1) is 6.58 Å². The van der Waals surface area contributed by atoms with Crippen molar-refractivity contribution in [1.29, 1.82) is 0 Å². The Morgan fingerprint density at radius 3 is 2.76 bits per heavy atom. The number of nitrogens with zero attached hydrogens (tertiary/aromatic N) is 2. The van der Waals surface area contributed by atoms with Crippen molar-refractivity contribution in [3.8, 4) is 0 Å². The maximum absolute atomic E-state index is 12.0. The Hall–Kier alpha value is -3.08. The second kappa shape index (κ2) is 9.27. The van der Waals surface area contributed by atoms with Gasteiger partial charge in [0.2, 0.25) is 0 Å². The van der Waals surface area contributed by atoms with Gasteiger partial charge in [-0.1, -0.05) is 59.3 Å². The van der Waals surface area contributed by atoms with Crippen LogP contribution in [0.25, 0.3) is 0 Å². The number of aryl methyl sites for hydroxylation is 1. The number of hydrogen-bond acceptors (Lipinski definition) is 4. The number of methoxy groups -OCH3 is 1. The van der Waals surface area contributed by atoms with Gasteiger partial charge in [-0.2, -0.15) is 0 Å². The van der Waals surface area contributed by atoms with Gasteiger partial charge in [0, 0.05) is 12.1 Å². The molecule has 0 radical (unpaired) electrons. The Kier molecular flexibility index (Phi) is 6.77. The lowest BCUT2D eigenvalue weighted by molar-refractivity contribution is 0.132. The van der Waals surface area contributed by atoms with Crippen molar-refractivity contribution in [3.05, 3.63) is 77.9 Å². The largest absolute Gasteiger partial charge is 0.452 e. The fraction of sp³-hybridized carbons (Fsp3) is 0.200. The van der Waals surface area contributed by atoms with Crippen molar-refractivity contribution in [2.75, 3.05) is 18.6 Å². The topological polar surface area (TPSA) is 51.1 Å². The first-order valence-electron chi connectivity index (χ1n) is 7.92. The lowest BCUT2D eigenvalue weighted by atomic mass is 10.1. The molecule has 0 atom stereocenters. The molecule has 130 valence electrons. The number of benzene rings is 2. The van der Waals surface area contributed by atoms with Gasteiger partial charge in [0.25, 0.3) is 0 Å². The van der Waals surface area contributed by atoms with Crippen LogP contribution >= 0.6 is 0 Å². The molecule has 2 aromatic carbocycles. The van der Waals surface area contributed by atoms with Gasteiger partial charge in [0.15, 0.2) is 0 Å². The van der Waals surface area contributed by atoms with Gasteiger partial charge in [0.1, 0.15) is 6.61 Å². The van der Waals surface area contributed by atoms with Crippen LogP contribution < -0.4 is 4.90 Å². The molecule has 0 N–H and O–H groups in total. The van der Waals surface area contributed by atoms with Crippen LogP contribution in [0, 0.1) is 6.92 Å². The number of rotatable bonds is 7. The van der Waals surface area contributed by atoms with Crippen molar-refractivity contribution in [1.82, 2.24) is 0 Å². The molecule has 1 amide bonds. The van der Waals surface area contributed by atoms with Gasteiger partial charge in [-0.3, -0.25) is 4.90 Å². The second-order valence-corrected chi connectivity index (χ2v) is 5.43. The fourth-order valence-corrected chi connectivity index (χ4v) is 2.36. The van der Waals surface area contributed by atoms with Crippen LogP contribution in [0.3, 0.4) is 0 Å². The highest BCUT2D eigenvalue weighted by Crippen LogP contribution is 2.20. The summed E-state index contributed by atoms with van der Waals surface area (Å²) in [7, 11) is 1.35. The molecule has 0 aromatic heterocycles. The number of ether oxygens (including phenoxy) is 1. The summed E-state index contributed by atoms with van der Waals surface area (Å²) in [5.41, 5.74) is 3.65. The van der Waals surface area contributed by atoms with E-state index in [4.69, 9.17) is 9.57 Å². The predicted molar refractivity (Wildman–Crippen MR) is 100.0 cm³/mol. The standard InChI is InChI=1S/C20H22N2O3/c1-4-12-22(20(23)24-3)19-11-6-5-10-18(19)14-21-25-15-17-9-7-8-16(2)13-17/h4-11,13-14H,1,12,15H2,2-3H3. The molecule has 2 aromatic rings. The van der Waals surface area contributed by atoms with E-state index in [-0.39, 0.29) is 0 Å². The maximum atomic E-state index is 12.0. The van der Waals surface area contributed by atoms with E-state index in [0.29, 0.717) is 18.8 Å².